The molecule has 1 unspecified atom stereocenters. The molecule has 1 amide bonds. The fourth-order valence-electron chi connectivity index (χ4n) is 1.16. The van der Waals surface area contributed by atoms with Crippen molar-refractivity contribution in [2.45, 2.75) is 18.6 Å². The van der Waals surface area contributed by atoms with Crippen molar-refractivity contribution in [1.82, 2.24) is 10.3 Å². The van der Waals surface area contributed by atoms with Crippen molar-refractivity contribution in [1.29, 1.82) is 0 Å². The molecule has 0 aliphatic carbocycles. The molecule has 0 fully saturated rings. The molecule has 0 saturated carbocycles. The molecule has 0 bridgehead atoms. The van der Waals surface area contributed by atoms with Crippen LogP contribution in [0.5, 0.6) is 0 Å². The Morgan fingerprint density at radius 3 is 3.06 bits per heavy atom. The van der Waals surface area contributed by atoms with Gasteiger partial charge in [0.25, 0.3) is 5.91 Å². The second-order valence-electron chi connectivity index (χ2n) is 3.45. The normalized spacial score (nSPS) is 12.2. The summed E-state index contributed by atoms with van der Waals surface area (Å²) in [5.41, 5.74) is 0.480. The van der Waals surface area contributed by atoms with E-state index in [4.69, 9.17) is 11.6 Å². The monoisotopic (exact) mass is 258 g/mol. The van der Waals surface area contributed by atoms with Gasteiger partial charge in [-0.15, -0.1) is 0 Å². The molecule has 16 heavy (non-hydrogen) atoms. The Labute approximate surface area is 105 Å². The molecule has 1 atom stereocenters. The SMILES string of the molecule is CSC(C)CCNC(=O)c1ccncc1Cl. The number of pyridine rings is 1. The van der Waals surface area contributed by atoms with Crippen LogP contribution in [0.1, 0.15) is 23.7 Å². The summed E-state index contributed by atoms with van der Waals surface area (Å²) in [7, 11) is 0. The number of amides is 1. The average Bonchev–Trinajstić information content (AvgIpc) is 2.29. The van der Waals surface area contributed by atoms with Crippen molar-refractivity contribution in [2.75, 3.05) is 12.8 Å². The first-order valence-corrected chi connectivity index (χ1v) is 6.72. The van der Waals surface area contributed by atoms with E-state index in [-0.39, 0.29) is 5.91 Å². The minimum Gasteiger partial charge on any atom is -0.352 e. The molecule has 1 heterocycles. The molecule has 1 N–H and O–H groups in total. The number of carbonyl (C=O) groups is 1. The molecule has 1 aromatic rings. The van der Waals surface area contributed by atoms with E-state index in [1.54, 1.807) is 24.0 Å². The molecule has 88 valence electrons. The Morgan fingerprint density at radius 1 is 1.69 bits per heavy atom. The molecule has 0 radical (unpaired) electrons. The van der Waals surface area contributed by atoms with Crippen LogP contribution in [0.4, 0.5) is 0 Å². The van der Waals surface area contributed by atoms with Crippen molar-refractivity contribution in [3.05, 3.63) is 29.0 Å². The standard InChI is InChI=1S/C11H15ClN2OS/c1-8(16-2)3-6-14-11(15)9-4-5-13-7-10(9)12/h4-5,7-8H,3,6H2,1-2H3,(H,14,15). The molecular formula is C11H15ClN2OS. The fourth-order valence-corrected chi connectivity index (χ4v) is 1.72. The second-order valence-corrected chi connectivity index (χ2v) is 5.13. The summed E-state index contributed by atoms with van der Waals surface area (Å²) >= 11 is 7.65. The van der Waals surface area contributed by atoms with E-state index >= 15 is 0 Å². The summed E-state index contributed by atoms with van der Waals surface area (Å²) in [6, 6.07) is 1.62. The number of rotatable bonds is 5. The van der Waals surface area contributed by atoms with Gasteiger partial charge in [-0.2, -0.15) is 11.8 Å². The van der Waals surface area contributed by atoms with Gasteiger partial charge in [-0.05, 0) is 18.7 Å². The number of hydrogen-bond donors (Lipinski definition) is 1. The molecule has 0 aliphatic rings. The van der Waals surface area contributed by atoms with Crippen molar-refractivity contribution in [3.8, 4) is 0 Å². The maximum Gasteiger partial charge on any atom is 0.252 e. The highest BCUT2D eigenvalue weighted by Gasteiger charge is 2.09. The van der Waals surface area contributed by atoms with Gasteiger partial charge in [-0.25, -0.2) is 0 Å². The zero-order chi connectivity index (χ0) is 12.0. The molecule has 0 saturated heterocycles. The summed E-state index contributed by atoms with van der Waals surface area (Å²) in [6.45, 7) is 2.80. The summed E-state index contributed by atoms with van der Waals surface area (Å²) in [6.07, 6.45) is 6.05. The van der Waals surface area contributed by atoms with Gasteiger partial charge in [0.15, 0.2) is 0 Å². The second kappa shape index (κ2) is 6.76. The van der Waals surface area contributed by atoms with Crippen LogP contribution in [0, 0.1) is 0 Å². The lowest BCUT2D eigenvalue weighted by Crippen LogP contribution is -2.26. The van der Waals surface area contributed by atoms with Crippen molar-refractivity contribution >= 4 is 29.3 Å². The lowest BCUT2D eigenvalue weighted by atomic mass is 10.2. The molecule has 0 aliphatic heterocycles. The molecule has 1 rings (SSSR count). The Hall–Kier alpha value is -0.740. The number of aromatic nitrogens is 1. The van der Waals surface area contributed by atoms with E-state index in [0.717, 1.165) is 6.42 Å². The quantitative estimate of drug-likeness (QED) is 0.883. The van der Waals surface area contributed by atoms with Gasteiger partial charge >= 0.3 is 0 Å². The van der Waals surface area contributed by atoms with Gasteiger partial charge in [-0.3, -0.25) is 9.78 Å². The van der Waals surface area contributed by atoms with E-state index in [0.29, 0.717) is 22.4 Å². The fraction of sp³-hybridized carbons (Fsp3) is 0.455. The predicted molar refractivity (Wildman–Crippen MR) is 69.2 cm³/mol. The Morgan fingerprint density at radius 2 is 2.44 bits per heavy atom. The first-order valence-electron chi connectivity index (χ1n) is 5.05. The van der Waals surface area contributed by atoms with Gasteiger partial charge in [-0.1, -0.05) is 18.5 Å². The third-order valence-corrected chi connectivity index (χ3v) is 3.60. The van der Waals surface area contributed by atoms with Gasteiger partial charge in [0, 0.05) is 24.2 Å². The molecule has 5 heteroatoms. The van der Waals surface area contributed by atoms with Crippen LogP contribution in [0.3, 0.4) is 0 Å². The van der Waals surface area contributed by atoms with Crippen LogP contribution in [-0.4, -0.2) is 28.9 Å². The van der Waals surface area contributed by atoms with Crippen LogP contribution >= 0.6 is 23.4 Å². The van der Waals surface area contributed by atoms with Gasteiger partial charge in [0.1, 0.15) is 0 Å². The van der Waals surface area contributed by atoms with Crippen molar-refractivity contribution < 1.29 is 4.79 Å². The lowest BCUT2D eigenvalue weighted by molar-refractivity contribution is 0.0953. The number of nitrogens with one attached hydrogen (secondary N) is 1. The molecule has 0 spiro atoms. The van der Waals surface area contributed by atoms with Crippen LogP contribution in [0.2, 0.25) is 5.02 Å². The van der Waals surface area contributed by atoms with Crippen molar-refractivity contribution in [3.63, 3.8) is 0 Å². The number of carbonyl (C=O) groups excluding carboxylic acids is 1. The van der Waals surface area contributed by atoms with Crippen LogP contribution < -0.4 is 5.32 Å². The summed E-state index contributed by atoms with van der Waals surface area (Å²) < 4.78 is 0. The number of hydrogen-bond acceptors (Lipinski definition) is 3. The highest BCUT2D eigenvalue weighted by Crippen LogP contribution is 2.13. The highest BCUT2D eigenvalue weighted by molar-refractivity contribution is 7.99. The van der Waals surface area contributed by atoms with Crippen LogP contribution in [-0.2, 0) is 0 Å². The lowest BCUT2D eigenvalue weighted by Gasteiger charge is -2.09. The molecule has 0 aromatic carbocycles. The van der Waals surface area contributed by atoms with E-state index in [9.17, 15) is 4.79 Å². The Balaban J connectivity index is 2.44. The van der Waals surface area contributed by atoms with E-state index < -0.39 is 0 Å². The number of nitrogens with zero attached hydrogens (tertiary/aromatic N) is 1. The van der Waals surface area contributed by atoms with Gasteiger partial charge in [0.05, 0.1) is 10.6 Å². The van der Waals surface area contributed by atoms with Crippen LogP contribution in [0.15, 0.2) is 18.5 Å². The van der Waals surface area contributed by atoms with Crippen molar-refractivity contribution in [2.24, 2.45) is 0 Å². The Kier molecular flexibility index (Phi) is 5.63. The first-order chi connectivity index (χ1) is 7.65. The maximum atomic E-state index is 11.7. The predicted octanol–water partition coefficient (Wildman–Crippen LogP) is 2.61. The zero-order valence-corrected chi connectivity index (χ0v) is 10.9. The topological polar surface area (TPSA) is 42.0 Å². The van der Waals surface area contributed by atoms with E-state index in [1.165, 1.54) is 6.20 Å². The number of halogens is 1. The smallest absolute Gasteiger partial charge is 0.252 e. The number of thioether (sulfide) groups is 1. The molecule has 1 aromatic heterocycles. The maximum absolute atomic E-state index is 11.7. The van der Waals surface area contributed by atoms with E-state index in [1.807, 2.05) is 0 Å². The third-order valence-electron chi connectivity index (χ3n) is 2.26. The first kappa shape index (κ1) is 13.3. The van der Waals surface area contributed by atoms with Gasteiger partial charge in [0.2, 0.25) is 0 Å². The average molecular weight is 259 g/mol. The Bertz CT molecular complexity index is 360. The third kappa shape index (κ3) is 4.02. The summed E-state index contributed by atoms with van der Waals surface area (Å²) in [5.74, 6) is -0.138. The molecule has 3 nitrogen and oxygen atoms in total. The minimum absolute atomic E-state index is 0.138. The van der Waals surface area contributed by atoms with Gasteiger partial charge < -0.3 is 5.32 Å². The van der Waals surface area contributed by atoms with Crippen LogP contribution in [0.25, 0.3) is 0 Å². The largest absolute Gasteiger partial charge is 0.352 e. The molecular weight excluding hydrogens is 244 g/mol. The zero-order valence-electron chi connectivity index (χ0n) is 9.37. The highest BCUT2D eigenvalue weighted by atomic mass is 35.5. The minimum atomic E-state index is -0.138. The summed E-state index contributed by atoms with van der Waals surface area (Å²) in [5, 5.41) is 3.78. The van der Waals surface area contributed by atoms with E-state index in [2.05, 4.69) is 23.5 Å². The summed E-state index contributed by atoms with van der Waals surface area (Å²) in [4.78, 5) is 15.5.